The number of carbonyl (C=O) groups excluding carboxylic acids is 1. The molecule has 1 saturated heterocycles. The fraction of sp³-hybridized carbons (Fsp3) is 0.304. The number of pyridine rings is 1. The average molecular weight is 375 g/mol. The third kappa shape index (κ3) is 4.09. The molecule has 0 saturated carbocycles. The van der Waals surface area contributed by atoms with Crippen molar-refractivity contribution in [2.75, 3.05) is 24.6 Å². The van der Waals surface area contributed by atoms with Crippen LogP contribution in [-0.4, -0.2) is 30.6 Å². The van der Waals surface area contributed by atoms with E-state index in [9.17, 15) is 4.79 Å². The molecule has 0 aliphatic carbocycles. The fourth-order valence-electron chi connectivity index (χ4n) is 3.54. The Kier molecular flexibility index (Phi) is 5.42. The van der Waals surface area contributed by atoms with Crippen LogP contribution < -0.4 is 15.0 Å². The second-order valence-electron chi connectivity index (χ2n) is 7.18. The zero-order valence-electron chi connectivity index (χ0n) is 16.1. The molecule has 5 nitrogen and oxygen atoms in total. The number of rotatable bonds is 6. The molecule has 2 heterocycles. The maximum Gasteiger partial charge on any atom is 0.258 e. The van der Waals surface area contributed by atoms with E-state index in [0.717, 1.165) is 40.9 Å². The van der Waals surface area contributed by atoms with Crippen LogP contribution in [0.3, 0.4) is 0 Å². The number of fused-ring (bicyclic) bond motifs is 1. The van der Waals surface area contributed by atoms with E-state index >= 15 is 0 Å². The van der Waals surface area contributed by atoms with Gasteiger partial charge in [-0.3, -0.25) is 4.79 Å². The first-order valence-corrected chi connectivity index (χ1v) is 9.79. The van der Waals surface area contributed by atoms with Crippen molar-refractivity contribution in [3.05, 3.63) is 65.7 Å². The van der Waals surface area contributed by atoms with Gasteiger partial charge in [0, 0.05) is 25.0 Å². The lowest BCUT2D eigenvalue weighted by Crippen LogP contribution is -2.28. The van der Waals surface area contributed by atoms with E-state index in [1.54, 1.807) is 0 Å². The van der Waals surface area contributed by atoms with Crippen LogP contribution in [0.2, 0.25) is 0 Å². The molecule has 1 N–H and O–H groups in total. The lowest BCUT2D eigenvalue weighted by molar-refractivity contribution is -0.123. The average Bonchev–Trinajstić information content (AvgIpc) is 3.26. The predicted octanol–water partition coefficient (Wildman–Crippen LogP) is 3.84. The van der Waals surface area contributed by atoms with Crippen LogP contribution in [0.15, 0.2) is 54.6 Å². The molecule has 0 bridgehead atoms. The first-order chi connectivity index (χ1) is 13.7. The number of benzene rings is 2. The third-order valence-electron chi connectivity index (χ3n) is 5.19. The SMILES string of the molecule is Cc1ccccc1CNC(=O)COc1cccc2ccc(N3CCCC3)nc12. The Morgan fingerprint density at radius 2 is 1.89 bits per heavy atom. The standard InChI is InChI=1S/C23H25N3O2/c1-17-7-2-3-8-19(17)15-24-22(27)16-28-20-10-6-9-18-11-12-21(25-23(18)20)26-13-4-5-14-26/h2-3,6-12H,4-5,13-16H2,1H3,(H,24,27). The smallest absolute Gasteiger partial charge is 0.258 e. The van der Waals surface area contributed by atoms with Gasteiger partial charge in [0.2, 0.25) is 0 Å². The maximum atomic E-state index is 12.2. The van der Waals surface area contributed by atoms with Crippen LogP contribution in [0.5, 0.6) is 5.75 Å². The molecule has 0 spiro atoms. The molecular weight excluding hydrogens is 350 g/mol. The molecule has 0 unspecified atom stereocenters. The molecule has 0 atom stereocenters. The van der Waals surface area contributed by atoms with Crippen molar-refractivity contribution in [1.82, 2.24) is 10.3 Å². The number of aryl methyl sites for hydroxylation is 1. The summed E-state index contributed by atoms with van der Waals surface area (Å²) in [5.41, 5.74) is 3.08. The Balaban J connectivity index is 1.43. The minimum absolute atomic E-state index is 0.0272. The van der Waals surface area contributed by atoms with Crippen molar-refractivity contribution in [1.29, 1.82) is 0 Å². The summed E-state index contributed by atoms with van der Waals surface area (Å²) in [5.74, 6) is 1.48. The van der Waals surface area contributed by atoms with Crippen LogP contribution in [0.1, 0.15) is 24.0 Å². The van der Waals surface area contributed by atoms with Gasteiger partial charge in [0.05, 0.1) is 0 Å². The molecule has 1 aromatic heterocycles. The van der Waals surface area contributed by atoms with Gasteiger partial charge in [0.25, 0.3) is 5.91 Å². The summed E-state index contributed by atoms with van der Waals surface area (Å²) in [4.78, 5) is 19.4. The van der Waals surface area contributed by atoms with E-state index in [2.05, 4.69) is 22.3 Å². The highest BCUT2D eigenvalue weighted by molar-refractivity contribution is 5.86. The van der Waals surface area contributed by atoms with Crippen molar-refractivity contribution in [2.45, 2.75) is 26.3 Å². The van der Waals surface area contributed by atoms with Gasteiger partial charge in [-0.1, -0.05) is 36.4 Å². The van der Waals surface area contributed by atoms with Crippen LogP contribution in [0.25, 0.3) is 10.9 Å². The number of carbonyl (C=O) groups is 1. The fourth-order valence-corrected chi connectivity index (χ4v) is 3.54. The molecule has 1 amide bonds. The maximum absolute atomic E-state index is 12.2. The van der Waals surface area contributed by atoms with Gasteiger partial charge in [-0.2, -0.15) is 0 Å². The summed E-state index contributed by atoms with van der Waals surface area (Å²) < 4.78 is 5.82. The quantitative estimate of drug-likeness (QED) is 0.711. The van der Waals surface area contributed by atoms with E-state index in [0.29, 0.717) is 12.3 Å². The second-order valence-corrected chi connectivity index (χ2v) is 7.18. The van der Waals surface area contributed by atoms with E-state index < -0.39 is 0 Å². The summed E-state index contributed by atoms with van der Waals surface area (Å²) in [7, 11) is 0. The summed E-state index contributed by atoms with van der Waals surface area (Å²) in [6, 6.07) is 18.0. The second kappa shape index (κ2) is 8.30. The van der Waals surface area contributed by atoms with E-state index in [-0.39, 0.29) is 12.5 Å². The van der Waals surface area contributed by atoms with Gasteiger partial charge in [-0.05, 0) is 49.1 Å². The molecule has 4 rings (SSSR count). The molecule has 28 heavy (non-hydrogen) atoms. The predicted molar refractivity (Wildman–Crippen MR) is 112 cm³/mol. The van der Waals surface area contributed by atoms with Crippen LogP contribution in [-0.2, 0) is 11.3 Å². The molecule has 0 radical (unpaired) electrons. The van der Waals surface area contributed by atoms with Gasteiger partial charge in [-0.15, -0.1) is 0 Å². The molecule has 2 aromatic carbocycles. The number of nitrogens with one attached hydrogen (secondary N) is 1. The number of para-hydroxylation sites is 1. The van der Waals surface area contributed by atoms with Gasteiger partial charge in [0.1, 0.15) is 17.1 Å². The Morgan fingerprint density at radius 3 is 2.71 bits per heavy atom. The minimum atomic E-state index is -0.143. The van der Waals surface area contributed by atoms with Crippen molar-refractivity contribution in [3.8, 4) is 5.75 Å². The highest BCUT2D eigenvalue weighted by Gasteiger charge is 2.15. The molecule has 1 aliphatic heterocycles. The number of ether oxygens (including phenoxy) is 1. The Hall–Kier alpha value is -3.08. The monoisotopic (exact) mass is 375 g/mol. The number of aromatic nitrogens is 1. The number of hydrogen-bond donors (Lipinski definition) is 1. The summed E-state index contributed by atoms with van der Waals surface area (Å²) in [6.07, 6.45) is 2.41. The van der Waals surface area contributed by atoms with Crippen LogP contribution in [0.4, 0.5) is 5.82 Å². The van der Waals surface area contributed by atoms with Crippen molar-refractivity contribution >= 4 is 22.6 Å². The third-order valence-corrected chi connectivity index (χ3v) is 5.19. The zero-order chi connectivity index (χ0) is 19.3. The molecule has 144 valence electrons. The first-order valence-electron chi connectivity index (χ1n) is 9.79. The molecule has 1 fully saturated rings. The number of amides is 1. The molecule has 3 aromatic rings. The Morgan fingerprint density at radius 1 is 1.07 bits per heavy atom. The van der Waals surface area contributed by atoms with Gasteiger partial charge in [-0.25, -0.2) is 4.98 Å². The zero-order valence-corrected chi connectivity index (χ0v) is 16.1. The van der Waals surface area contributed by atoms with E-state index in [1.807, 2.05) is 49.4 Å². The highest BCUT2D eigenvalue weighted by atomic mass is 16.5. The number of hydrogen-bond acceptors (Lipinski definition) is 4. The van der Waals surface area contributed by atoms with Crippen molar-refractivity contribution < 1.29 is 9.53 Å². The largest absolute Gasteiger partial charge is 0.481 e. The Labute approximate surface area is 165 Å². The lowest BCUT2D eigenvalue weighted by Gasteiger charge is -2.17. The van der Waals surface area contributed by atoms with Gasteiger partial charge >= 0.3 is 0 Å². The summed E-state index contributed by atoms with van der Waals surface area (Å²) in [5, 5.41) is 3.94. The van der Waals surface area contributed by atoms with Gasteiger partial charge in [0.15, 0.2) is 6.61 Å². The highest BCUT2D eigenvalue weighted by Crippen LogP contribution is 2.27. The molecular formula is C23H25N3O2. The van der Waals surface area contributed by atoms with Crippen molar-refractivity contribution in [3.63, 3.8) is 0 Å². The normalized spacial score (nSPS) is 13.7. The number of anilines is 1. The van der Waals surface area contributed by atoms with E-state index in [4.69, 9.17) is 9.72 Å². The first kappa shape index (κ1) is 18.3. The minimum Gasteiger partial charge on any atom is -0.481 e. The summed E-state index contributed by atoms with van der Waals surface area (Å²) >= 11 is 0. The molecule has 1 aliphatic rings. The van der Waals surface area contributed by atoms with E-state index in [1.165, 1.54) is 12.8 Å². The topological polar surface area (TPSA) is 54.5 Å². The van der Waals surface area contributed by atoms with Crippen molar-refractivity contribution in [2.24, 2.45) is 0 Å². The van der Waals surface area contributed by atoms with Gasteiger partial charge < -0.3 is 15.0 Å². The number of nitrogens with zero attached hydrogens (tertiary/aromatic N) is 2. The summed E-state index contributed by atoms with van der Waals surface area (Å²) in [6.45, 7) is 4.60. The van der Waals surface area contributed by atoms with Crippen LogP contribution in [0, 0.1) is 6.92 Å². The molecule has 5 heteroatoms. The Bertz CT molecular complexity index is 980. The lowest BCUT2D eigenvalue weighted by atomic mass is 10.1. The van der Waals surface area contributed by atoms with Crippen LogP contribution >= 0.6 is 0 Å².